The van der Waals surface area contributed by atoms with Crippen LogP contribution in [0, 0.1) is 0 Å². The summed E-state index contributed by atoms with van der Waals surface area (Å²) in [7, 11) is 1.67. The summed E-state index contributed by atoms with van der Waals surface area (Å²) in [6, 6.07) is 8.12. The van der Waals surface area contributed by atoms with Crippen molar-refractivity contribution in [1.82, 2.24) is 0 Å². The summed E-state index contributed by atoms with van der Waals surface area (Å²) in [6.07, 6.45) is 5.03. The van der Waals surface area contributed by atoms with Gasteiger partial charge < -0.3 is 9.84 Å². The molecule has 0 bridgehead atoms. The minimum Gasteiger partial charge on any atom is -0.496 e. The van der Waals surface area contributed by atoms with Crippen molar-refractivity contribution in [3.8, 4) is 5.75 Å². The maximum absolute atomic E-state index is 10.6. The number of fused-ring (bicyclic) bond motifs is 1. The second-order valence-electron chi connectivity index (χ2n) is 5.48. The molecule has 0 fully saturated rings. The third-order valence-corrected chi connectivity index (χ3v) is 5.83. The summed E-state index contributed by atoms with van der Waals surface area (Å²) < 4.78 is 6.40. The fraction of sp³-hybridized carbons (Fsp3) is 0.412. The summed E-state index contributed by atoms with van der Waals surface area (Å²) in [6.45, 7) is 0. The average Bonchev–Trinajstić information content (AvgIpc) is 2.91. The molecular formula is C17H19BrO2S. The molecule has 0 amide bonds. The Bertz CT molecular complexity index is 612. The van der Waals surface area contributed by atoms with Gasteiger partial charge >= 0.3 is 0 Å². The second-order valence-corrected chi connectivity index (χ2v) is 7.56. The van der Waals surface area contributed by atoms with Crippen molar-refractivity contribution in [2.45, 2.75) is 38.2 Å². The third kappa shape index (κ3) is 3.33. The molecule has 0 aliphatic heterocycles. The first-order valence-corrected chi connectivity index (χ1v) is 8.90. The maximum atomic E-state index is 10.6. The largest absolute Gasteiger partial charge is 0.496 e. The molecule has 1 aliphatic rings. The molecule has 1 aliphatic carbocycles. The van der Waals surface area contributed by atoms with E-state index in [1.807, 2.05) is 18.2 Å². The van der Waals surface area contributed by atoms with Crippen molar-refractivity contribution >= 4 is 27.3 Å². The van der Waals surface area contributed by atoms with Gasteiger partial charge in [-0.15, -0.1) is 11.3 Å². The van der Waals surface area contributed by atoms with Gasteiger partial charge in [0.1, 0.15) is 5.75 Å². The number of aliphatic hydroxyl groups excluding tert-OH is 1. The lowest BCUT2D eigenvalue weighted by atomic mass is 9.98. The molecule has 21 heavy (non-hydrogen) atoms. The molecule has 2 aromatic rings. The molecule has 1 aromatic heterocycles. The van der Waals surface area contributed by atoms with Crippen LogP contribution in [0.15, 0.2) is 28.7 Å². The summed E-state index contributed by atoms with van der Waals surface area (Å²) in [5, 5.41) is 10.6. The molecule has 0 saturated carbocycles. The van der Waals surface area contributed by atoms with Gasteiger partial charge in [-0.2, -0.15) is 0 Å². The lowest BCUT2D eigenvalue weighted by Crippen LogP contribution is -2.02. The minimum absolute atomic E-state index is 0.455. The van der Waals surface area contributed by atoms with Crippen molar-refractivity contribution in [2.75, 3.05) is 7.11 Å². The Balaban J connectivity index is 1.81. The van der Waals surface area contributed by atoms with Crippen LogP contribution in [0.25, 0.3) is 0 Å². The summed E-state index contributed by atoms with van der Waals surface area (Å²) in [5.74, 6) is 0.832. The van der Waals surface area contributed by atoms with Gasteiger partial charge in [0.15, 0.2) is 0 Å². The fourth-order valence-corrected chi connectivity index (χ4v) is 4.55. The molecule has 112 valence electrons. The molecule has 1 unspecified atom stereocenters. The number of methoxy groups -OCH3 is 1. The first-order valence-electron chi connectivity index (χ1n) is 7.29. The zero-order chi connectivity index (χ0) is 14.8. The average molecular weight is 367 g/mol. The summed E-state index contributed by atoms with van der Waals surface area (Å²) in [5.41, 5.74) is 2.48. The van der Waals surface area contributed by atoms with E-state index in [4.69, 9.17) is 4.74 Å². The molecule has 0 radical (unpaired) electrons. The first-order chi connectivity index (χ1) is 10.2. The van der Waals surface area contributed by atoms with Crippen molar-refractivity contribution in [2.24, 2.45) is 0 Å². The van der Waals surface area contributed by atoms with Crippen molar-refractivity contribution in [3.63, 3.8) is 0 Å². The van der Waals surface area contributed by atoms with Crippen LogP contribution in [0.2, 0.25) is 0 Å². The molecule has 1 N–H and O–H groups in total. The molecule has 0 saturated heterocycles. The number of rotatable bonds is 4. The summed E-state index contributed by atoms with van der Waals surface area (Å²) in [4.78, 5) is 2.56. The number of ether oxygens (including phenoxy) is 1. The number of aryl methyl sites for hydroxylation is 2. The van der Waals surface area contributed by atoms with Gasteiger partial charge in [0.25, 0.3) is 0 Å². The number of aliphatic hydroxyl groups is 1. The predicted molar refractivity (Wildman–Crippen MR) is 90.3 cm³/mol. The second kappa shape index (κ2) is 6.51. The van der Waals surface area contributed by atoms with Crippen molar-refractivity contribution in [1.29, 1.82) is 0 Å². The van der Waals surface area contributed by atoms with Gasteiger partial charge in [0.05, 0.1) is 13.2 Å². The van der Waals surface area contributed by atoms with Gasteiger partial charge in [-0.1, -0.05) is 15.9 Å². The van der Waals surface area contributed by atoms with E-state index in [-0.39, 0.29) is 0 Å². The van der Waals surface area contributed by atoms with Crippen LogP contribution < -0.4 is 4.74 Å². The smallest absolute Gasteiger partial charge is 0.122 e. The number of benzene rings is 1. The highest BCUT2D eigenvalue weighted by atomic mass is 79.9. The van der Waals surface area contributed by atoms with E-state index in [1.165, 1.54) is 36.1 Å². The highest BCUT2D eigenvalue weighted by Crippen LogP contribution is 2.35. The van der Waals surface area contributed by atoms with Crippen LogP contribution >= 0.6 is 27.3 Å². The molecular weight excluding hydrogens is 348 g/mol. The SMILES string of the molecule is COc1ccc(Br)cc1CC(O)c1cc2c(s1)CCCC2. The van der Waals surface area contributed by atoms with E-state index in [9.17, 15) is 5.11 Å². The van der Waals surface area contributed by atoms with Gasteiger partial charge in [0, 0.05) is 20.6 Å². The van der Waals surface area contributed by atoms with Crippen molar-refractivity contribution < 1.29 is 9.84 Å². The van der Waals surface area contributed by atoms with Gasteiger partial charge in [0.2, 0.25) is 0 Å². The van der Waals surface area contributed by atoms with E-state index in [0.29, 0.717) is 6.42 Å². The van der Waals surface area contributed by atoms with Crippen LogP contribution in [-0.2, 0) is 19.3 Å². The predicted octanol–water partition coefficient (Wildman–Crippen LogP) is 4.67. The first kappa shape index (κ1) is 15.1. The van der Waals surface area contributed by atoms with Crippen molar-refractivity contribution in [3.05, 3.63) is 49.6 Å². The minimum atomic E-state index is -0.455. The molecule has 3 rings (SSSR count). The Morgan fingerprint density at radius 3 is 2.86 bits per heavy atom. The highest BCUT2D eigenvalue weighted by molar-refractivity contribution is 9.10. The Labute approximate surface area is 137 Å². The lowest BCUT2D eigenvalue weighted by molar-refractivity contribution is 0.181. The molecule has 1 heterocycles. The van der Waals surface area contributed by atoms with E-state index in [0.717, 1.165) is 20.7 Å². The van der Waals surface area contributed by atoms with Crippen LogP contribution in [0.1, 0.15) is 39.8 Å². The zero-order valence-electron chi connectivity index (χ0n) is 12.1. The maximum Gasteiger partial charge on any atom is 0.122 e. The number of hydrogen-bond donors (Lipinski definition) is 1. The number of thiophene rings is 1. The molecule has 1 atom stereocenters. The van der Waals surface area contributed by atoms with Gasteiger partial charge in [-0.25, -0.2) is 0 Å². The highest BCUT2D eigenvalue weighted by Gasteiger charge is 2.19. The van der Waals surface area contributed by atoms with E-state index in [1.54, 1.807) is 18.4 Å². The number of halogens is 1. The third-order valence-electron chi connectivity index (χ3n) is 4.00. The van der Waals surface area contributed by atoms with Crippen LogP contribution in [0.3, 0.4) is 0 Å². The lowest BCUT2D eigenvalue weighted by Gasteiger charge is -2.12. The molecule has 4 heteroatoms. The van der Waals surface area contributed by atoms with Crippen LogP contribution in [-0.4, -0.2) is 12.2 Å². The standard InChI is InChI=1S/C17H19BrO2S/c1-20-15-7-6-13(18)8-12(15)9-14(19)17-10-11-4-2-3-5-16(11)21-17/h6-8,10,14,19H,2-5,9H2,1H3. The molecule has 1 aromatic carbocycles. The Morgan fingerprint density at radius 1 is 1.29 bits per heavy atom. The van der Waals surface area contributed by atoms with E-state index in [2.05, 4.69) is 22.0 Å². The fourth-order valence-electron chi connectivity index (χ4n) is 2.89. The van der Waals surface area contributed by atoms with Gasteiger partial charge in [-0.3, -0.25) is 0 Å². The van der Waals surface area contributed by atoms with Crippen LogP contribution in [0.5, 0.6) is 5.75 Å². The quantitative estimate of drug-likeness (QED) is 0.851. The Morgan fingerprint density at radius 2 is 2.10 bits per heavy atom. The summed E-state index contributed by atoms with van der Waals surface area (Å²) >= 11 is 5.26. The topological polar surface area (TPSA) is 29.5 Å². The molecule has 0 spiro atoms. The molecule has 2 nitrogen and oxygen atoms in total. The normalized spacial score (nSPS) is 15.6. The Hall–Kier alpha value is -0.840. The van der Waals surface area contributed by atoms with Gasteiger partial charge in [-0.05, 0) is 61.1 Å². The zero-order valence-corrected chi connectivity index (χ0v) is 14.5. The monoisotopic (exact) mass is 366 g/mol. The van der Waals surface area contributed by atoms with Crippen LogP contribution in [0.4, 0.5) is 0 Å². The van der Waals surface area contributed by atoms with E-state index >= 15 is 0 Å². The number of hydrogen-bond acceptors (Lipinski definition) is 3. The Kier molecular flexibility index (Phi) is 4.67. The van der Waals surface area contributed by atoms with E-state index < -0.39 is 6.10 Å².